The van der Waals surface area contributed by atoms with E-state index in [-0.39, 0.29) is 72.7 Å². The molecule has 0 rings (SSSR count). The molecule has 0 saturated heterocycles. The van der Waals surface area contributed by atoms with Crippen LogP contribution < -0.4 is 29.6 Å². The first-order valence-electron chi connectivity index (χ1n) is 0.698. The molecule has 2 N–H and O–H groups in total. The second-order valence-corrected chi connectivity index (χ2v) is 1.34. The van der Waals surface area contributed by atoms with Crippen molar-refractivity contribution in [1.82, 2.24) is 0 Å². The monoisotopic (exact) mass is 262 g/mol. The zero-order valence-corrected chi connectivity index (χ0v) is 9.58. The quantitative estimate of drug-likeness (QED) is 0.350. The molecule has 0 aliphatic heterocycles. The molecule has 0 aliphatic carbocycles. The predicted molar refractivity (Wildman–Crippen MR) is 15.3 cm³/mol. The van der Waals surface area contributed by atoms with Crippen LogP contribution in [0.1, 0.15) is 1.43 Å². The van der Waals surface area contributed by atoms with Crippen molar-refractivity contribution in [1.29, 1.82) is 0 Å². The first-order chi connectivity index (χ1) is 2.00. The second-order valence-electron chi connectivity index (χ2n) is 0.448. The van der Waals surface area contributed by atoms with E-state index < -0.39 is 10.4 Å². The molecule has 7 heteroatoms. The normalized spacial score (nSPS) is 8.29. The molecule has 0 aliphatic rings. The van der Waals surface area contributed by atoms with Crippen LogP contribution >= 0.6 is 0 Å². The third-order valence-electron chi connectivity index (χ3n) is 0. The molecule has 0 amide bonds. The van der Waals surface area contributed by atoms with Gasteiger partial charge in [-0.3, -0.25) is 9.11 Å². The molecule has 0 unspecified atom stereocenters. The molecule has 0 heterocycles. The molecule has 0 bridgehead atoms. The zero-order valence-electron chi connectivity index (χ0n) is 4.62. The molecule has 4 nitrogen and oxygen atoms in total. The SMILES string of the molecule is O=S(=O)(O)O.[Ce].[H-].[Na+]. The molecule has 0 atom stereocenters. The van der Waals surface area contributed by atoms with Crippen molar-refractivity contribution in [3.63, 3.8) is 0 Å². The molecule has 38 valence electrons. The number of hydrogen-bond donors (Lipinski definition) is 2. The minimum Gasteiger partial charge on any atom is -1.00 e. The Hall–Kier alpha value is 2.25. The Balaban J connectivity index is -0.0000000267. The van der Waals surface area contributed by atoms with Crippen molar-refractivity contribution in [3.05, 3.63) is 0 Å². The van der Waals surface area contributed by atoms with Gasteiger partial charge in [-0.2, -0.15) is 8.42 Å². The molecule has 0 radical (unpaired) electrons. The average molecular weight is 262 g/mol. The molecular formula is H3CeNaO4S. The van der Waals surface area contributed by atoms with Crippen LogP contribution in [0.15, 0.2) is 0 Å². The Morgan fingerprint density at radius 3 is 1.29 bits per heavy atom. The van der Waals surface area contributed by atoms with Crippen molar-refractivity contribution in [2.45, 2.75) is 0 Å². The number of hydrogen-bond acceptors (Lipinski definition) is 2. The Morgan fingerprint density at radius 2 is 1.29 bits per heavy atom. The van der Waals surface area contributed by atoms with E-state index in [1.807, 2.05) is 0 Å². The Kier molecular flexibility index (Phi) is 14.7. The molecule has 0 fully saturated rings. The van der Waals surface area contributed by atoms with E-state index in [1.54, 1.807) is 0 Å². The summed E-state index contributed by atoms with van der Waals surface area (Å²) >= 11 is 0. The molecule has 0 aromatic carbocycles. The first kappa shape index (κ1) is 16.1. The fraction of sp³-hybridized carbons (Fsp3) is 0. The average Bonchev–Trinajstić information content (AvgIpc) is 0.722. The van der Waals surface area contributed by atoms with Crippen molar-refractivity contribution in [2.24, 2.45) is 0 Å². The maximum atomic E-state index is 8.74. The molecule has 0 spiro atoms. The second kappa shape index (κ2) is 6.37. The summed E-state index contributed by atoms with van der Waals surface area (Å²) in [6.07, 6.45) is 0. The van der Waals surface area contributed by atoms with Crippen LogP contribution in [0.3, 0.4) is 0 Å². The van der Waals surface area contributed by atoms with Crippen molar-refractivity contribution in [2.75, 3.05) is 0 Å². The van der Waals surface area contributed by atoms with Gasteiger partial charge in [-0.05, 0) is 0 Å². The summed E-state index contributed by atoms with van der Waals surface area (Å²) in [7, 11) is -4.67. The molecule has 0 aromatic heterocycles. The number of rotatable bonds is 0. The van der Waals surface area contributed by atoms with Crippen molar-refractivity contribution >= 4 is 10.4 Å². The Bertz CT molecular complexity index is 99.2. The van der Waals surface area contributed by atoms with E-state index in [0.717, 1.165) is 0 Å². The fourth-order valence-electron chi connectivity index (χ4n) is 0. The van der Waals surface area contributed by atoms with Crippen LogP contribution in [-0.4, -0.2) is 17.5 Å². The minimum absolute atomic E-state index is 0. The van der Waals surface area contributed by atoms with E-state index in [0.29, 0.717) is 0 Å². The van der Waals surface area contributed by atoms with E-state index in [9.17, 15) is 0 Å². The van der Waals surface area contributed by atoms with Crippen LogP contribution in [0, 0.1) is 41.7 Å². The van der Waals surface area contributed by atoms with Gasteiger partial charge in [-0.25, -0.2) is 0 Å². The Morgan fingerprint density at radius 1 is 1.29 bits per heavy atom. The van der Waals surface area contributed by atoms with E-state index >= 15 is 0 Å². The van der Waals surface area contributed by atoms with Crippen LogP contribution in [0.25, 0.3) is 0 Å². The summed E-state index contributed by atoms with van der Waals surface area (Å²) in [4.78, 5) is 0. The van der Waals surface area contributed by atoms with Gasteiger partial charge in [-0.15, -0.1) is 0 Å². The summed E-state index contributed by atoms with van der Waals surface area (Å²) in [6, 6.07) is 0. The predicted octanol–water partition coefficient (Wildman–Crippen LogP) is -3.54. The van der Waals surface area contributed by atoms with Gasteiger partial charge in [0.1, 0.15) is 0 Å². The van der Waals surface area contributed by atoms with Crippen LogP contribution in [-0.2, 0) is 10.4 Å². The van der Waals surface area contributed by atoms with E-state index in [2.05, 4.69) is 0 Å². The third-order valence-corrected chi connectivity index (χ3v) is 0. The topological polar surface area (TPSA) is 74.6 Å². The van der Waals surface area contributed by atoms with E-state index in [4.69, 9.17) is 17.5 Å². The summed E-state index contributed by atoms with van der Waals surface area (Å²) < 4.78 is 31.6. The summed E-state index contributed by atoms with van der Waals surface area (Å²) in [5.41, 5.74) is 0. The van der Waals surface area contributed by atoms with Crippen LogP contribution in [0.5, 0.6) is 0 Å². The maximum absolute atomic E-state index is 8.74. The van der Waals surface area contributed by atoms with Gasteiger partial charge in [0, 0.05) is 41.7 Å². The van der Waals surface area contributed by atoms with Crippen LogP contribution in [0.2, 0.25) is 0 Å². The first-order valence-corrected chi connectivity index (χ1v) is 2.10. The van der Waals surface area contributed by atoms with Crippen LogP contribution in [0.4, 0.5) is 0 Å². The summed E-state index contributed by atoms with van der Waals surface area (Å²) in [5.74, 6) is 0. The standard InChI is InChI=1S/Ce.Na.H2O4S.H/c;;1-5(2,3)4;/h;;(H2,1,2,3,4);/q;+1;;-1. The molecule has 0 aromatic rings. The van der Waals surface area contributed by atoms with Gasteiger partial charge in [0.2, 0.25) is 0 Å². The summed E-state index contributed by atoms with van der Waals surface area (Å²) in [5, 5.41) is 0. The fourth-order valence-corrected chi connectivity index (χ4v) is 0. The maximum Gasteiger partial charge on any atom is 1.00 e. The molecule has 7 heavy (non-hydrogen) atoms. The van der Waals surface area contributed by atoms with Gasteiger partial charge in [0.15, 0.2) is 0 Å². The smallest absolute Gasteiger partial charge is 1.00 e. The Labute approximate surface area is 98.8 Å². The van der Waals surface area contributed by atoms with E-state index in [1.165, 1.54) is 0 Å². The minimum atomic E-state index is -4.67. The van der Waals surface area contributed by atoms with Gasteiger partial charge < -0.3 is 1.43 Å². The zero-order chi connectivity index (χ0) is 4.50. The largest absolute Gasteiger partial charge is 1.00 e. The van der Waals surface area contributed by atoms with Crippen molar-refractivity contribution < 1.29 is 90.3 Å². The van der Waals surface area contributed by atoms with Gasteiger partial charge >= 0.3 is 40.0 Å². The summed E-state index contributed by atoms with van der Waals surface area (Å²) in [6.45, 7) is 0. The molecule has 0 saturated carbocycles. The molecular weight excluding hydrogens is 259 g/mol. The third kappa shape index (κ3) is 63.8. The van der Waals surface area contributed by atoms with Gasteiger partial charge in [-0.1, -0.05) is 0 Å². The van der Waals surface area contributed by atoms with Gasteiger partial charge in [0.25, 0.3) is 0 Å². The van der Waals surface area contributed by atoms with Crippen molar-refractivity contribution in [3.8, 4) is 0 Å². The van der Waals surface area contributed by atoms with Gasteiger partial charge in [0.05, 0.1) is 0 Å².